The van der Waals surface area contributed by atoms with E-state index in [-0.39, 0.29) is 0 Å². The highest BCUT2D eigenvalue weighted by Gasteiger charge is 2.14. The van der Waals surface area contributed by atoms with Crippen LogP contribution in [0.2, 0.25) is 0 Å². The molecule has 1 fully saturated rings. The number of thiophene rings is 1. The zero-order valence-corrected chi connectivity index (χ0v) is 12.3. The molecule has 102 valence electrons. The number of hydrogen-bond donors (Lipinski definition) is 1. The first-order valence-corrected chi connectivity index (χ1v) is 8.22. The molecule has 0 bridgehead atoms. The highest BCUT2D eigenvalue weighted by molar-refractivity contribution is 7.09. The minimum Gasteiger partial charge on any atom is -0.311 e. The quantitative estimate of drug-likeness (QED) is 0.794. The van der Waals surface area contributed by atoms with Crippen LogP contribution in [0.3, 0.4) is 0 Å². The Balaban J connectivity index is 1.58. The van der Waals surface area contributed by atoms with Crippen molar-refractivity contribution in [1.29, 1.82) is 0 Å². The molecular formula is C15H26N2S. The summed E-state index contributed by atoms with van der Waals surface area (Å²) in [6, 6.07) is 4.33. The van der Waals surface area contributed by atoms with Crippen LogP contribution in [0, 0.1) is 5.92 Å². The van der Waals surface area contributed by atoms with Gasteiger partial charge in [-0.05, 0) is 49.7 Å². The minimum absolute atomic E-state index is 0.981. The molecular weight excluding hydrogens is 240 g/mol. The van der Waals surface area contributed by atoms with E-state index in [4.69, 9.17) is 0 Å². The summed E-state index contributed by atoms with van der Waals surface area (Å²) in [6.45, 7) is 8.30. The molecule has 1 atom stereocenters. The van der Waals surface area contributed by atoms with Gasteiger partial charge in [0.15, 0.2) is 0 Å². The fraction of sp³-hybridized carbons (Fsp3) is 0.733. The molecule has 0 aromatic carbocycles. The lowest BCUT2D eigenvalue weighted by molar-refractivity contribution is 0.279. The first-order chi connectivity index (χ1) is 8.88. The molecule has 1 N–H and O–H groups in total. The van der Waals surface area contributed by atoms with Crippen molar-refractivity contribution >= 4 is 11.3 Å². The Hall–Kier alpha value is -0.380. The SMILES string of the molecule is CCC1CCCN(CCNCc2cccs2)CC1. The molecule has 2 heterocycles. The van der Waals surface area contributed by atoms with E-state index in [1.807, 2.05) is 11.3 Å². The van der Waals surface area contributed by atoms with Crippen molar-refractivity contribution in [1.82, 2.24) is 10.2 Å². The van der Waals surface area contributed by atoms with E-state index in [9.17, 15) is 0 Å². The van der Waals surface area contributed by atoms with Crippen LogP contribution in [0.25, 0.3) is 0 Å². The lowest BCUT2D eigenvalue weighted by atomic mass is 9.98. The fourth-order valence-corrected chi connectivity index (χ4v) is 3.39. The molecule has 0 saturated carbocycles. The van der Waals surface area contributed by atoms with Gasteiger partial charge < -0.3 is 10.2 Å². The largest absolute Gasteiger partial charge is 0.311 e. The summed E-state index contributed by atoms with van der Waals surface area (Å²) < 4.78 is 0. The molecule has 18 heavy (non-hydrogen) atoms. The third-order valence-electron chi connectivity index (χ3n) is 4.00. The van der Waals surface area contributed by atoms with Crippen molar-refractivity contribution in [2.24, 2.45) is 5.92 Å². The number of rotatable bonds is 6. The Morgan fingerprint density at radius 2 is 2.33 bits per heavy atom. The van der Waals surface area contributed by atoms with Crippen LogP contribution in [0.4, 0.5) is 0 Å². The molecule has 2 rings (SSSR count). The van der Waals surface area contributed by atoms with Crippen molar-refractivity contribution in [3.8, 4) is 0 Å². The van der Waals surface area contributed by atoms with Crippen LogP contribution in [0.5, 0.6) is 0 Å². The van der Waals surface area contributed by atoms with E-state index in [0.29, 0.717) is 0 Å². The van der Waals surface area contributed by atoms with Gasteiger partial charge in [-0.25, -0.2) is 0 Å². The van der Waals surface area contributed by atoms with Gasteiger partial charge in [-0.1, -0.05) is 19.4 Å². The standard InChI is InChI=1S/C15H26N2S/c1-2-14-5-3-9-17(10-7-14)11-8-16-13-15-6-4-12-18-15/h4,6,12,14,16H,2-3,5,7-11,13H2,1H3. The van der Waals surface area contributed by atoms with Gasteiger partial charge in [-0.2, -0.15) is 0 Å². The second kappa shape index (κ2) is 7.93. The second-order valence-corrected chi connectivity index (χ2v) is 6.34. The first kappa shape index (κ1) is 14.0. The molecule has 1 aromatic rings. The predicted octanol–water partition coefficient (Wildman–Crippen LogP) is 3.35. The number of likely N-dealkylation sites (tertiary alicyclic amines) is 1. The fourth-order valence-electron chi connectivity index (χ4n) is 2.72. The van der Waals surface area contributed by atoms with Crippen LogP contribution in [-0.2, 0) is 6.54 Å². The maximum Gasteiger partial charge on any atom is 0.0300 e. The second-order valence-electron chi connectivity index (χ2n) is 5.30. The van der Waals surface area contributed by atoms with E-state index in [1.165, 1.54) is 50.2 Å². The lowest BCUT2D eigenvalue weighted by Gasteiger charge is -2.20. The summed E-state index contributed by atoms with van der Waals surface area (Å²) in [5.74, 6) is 0.981. The van der Waals surface area contributed by atoms with Crippen LogP contribution in [0.1, 0.15) is 37.5 Å². The Bertz CT molecular complexity index is 310. The van der Waals surface area contributed by atoms with Crippen molar-refractivity contribution in [3.63, 3.8) is 0 Å². The molecule has 0 amide bonds. The molecule has 1 saturated heterocycles. The van der Waals surface area contributed by atoms with E-state index in [0.717, 1.165) is 19.0 Å². The maximum absolute atomic E-state index is 3.55. The molecule has 3 heteroatoms. The minimum atomic E-state index is 0.981. The van der Waals surface area contributed by atoms with E-state index < -0.39 is 0 Å². The number of nitrogens with zero attached hydrogens (tertiary/aromatic N) is 1. The van der Waals surface area contributed by atoms with Crippen molar-refractivity contribution in [2.45, 2.75) is 39.2 Å². The van der Waals surface area contributed by atoms with Gasteiger partial charge in [0, 0.05) is 24.5 Å². The third kappa shape index (κ3) is 4.71. The van der Waals surface area contributed by atoms with Gasteiger partial charge in [0.2, 0.25) is 0 Å². The van der Waals surface area contributed by atoms with E-state index >= 15 is 0 Å². The summed E-state index contributed by atoms with van der Waals surface area (Å²) >= 11 is 1.84. The van der Waals surface area contributed by atoms with Gasteiger partial charge in [-0.15, -0.1) is 11.3 Å². The van der Waals surface area contributed by atoms with E-state index in [1.54, 1.807) is 0 Å². The van der Waals surface area contributed by atoms with Gasteiger partial charge in [-0.3, -0.25) is 0 Å². The van der Waals surface area contributed by atoms with Gasteiger partial charge in [0.25, 0.3) is 0 Å². The zero-order valence-electron chi connectivity index (χ0n) is 11.5. The summed E-state index contributed by atoms with van der Waals surface area (Å²) in [7, 11) is 0. The molecule has 0 radical (unpaired) electrons. The Morgan fingerprint density at radius 3 is 3.11 bits per heavy atom. The maximum atomic E-state index is 3.55. The molecule has 1 aliphatic heterocycles. The van der Waals surface area contributed by atoms with Crippen molar-refractivity contribution in [2.75, 3.05) is 26.2 Å². The zero-order chi connectivity index (χ0) is 12.6. The van der Waals surface area contributed by atoms with Crippen molar-refractivity contribution in [3.05, 3.63) is 22.4 Å². The van der Waals surface area contributed by atoms with Crippen LogP contribution in [0.15, 0.2) is 17.5 Å². The Morgan fingerprint density at radius 1 is 1.39 bits per heavy atom. The Labute approximate surface area is 115 Å². The number of hydrogen-bond acceptors (Lipinski definition) is 3. The first-order valence-electron chi connectivity index (χ1n) is 7.34. The van der Waals surface area contributed by atoms with Gasteiger partial charge >= 0.3 is 0 Å². The summed E-state index contributed by atoms with van der Waals surface area (Å²) in [5.41, 5.74) is 0. The van der Waals surface area contributed by atoms with Gasteiger partial charge in [0.05, 0.1) is 0 Å². The highest BCUT2D eigenvalue weighted by Crippen LogP contribution is 2.19. The average molecular weight is 266 g/mol. The topological polar surface area (TPSA) is 15.3 Å². The van der Waals surface area contributed by atoms with Gasteiger partial charge in [0.1, 0.15) is 0 Å². The van der Waals surface area contributed by atoms with Crippen LogP contribution >= 0.6 is 11.3 Å². The smallest absolute Gasteiger partial charge is 0.0300 e. The molecule has 0 aliphatic carbocycles. The van der Waals surface area contributed by atoms with Crippen LogP contribution < -0.4 is 5.32 Å². The molecule has 1 aliphatic rings. The molecule has 0 spiro atoms. The summed E-state index contributed by atoms with van der Waals surface area (Å²) in [4.78, 5) is 4.08. The average Bonchev–Trinajstić information content (AvgIpc) is 2.80. The molecule has 2 nitrogen and oxygen atoms in total. The summed E-state index contributed by atoms with van der Waals surface area (Å²) in [6.07, 6.45) is 5.60. The third-order valence-corrected chi connectivity index (χ3v) is 4.88. The highest BCUT2D eigenvalue weighted by atomic mass is 32.1. The lowest BCUT2D eigenvalue weighted by Crippen LogP contribution is -2.32. The Kier molecular flexibility index (Phi) is 6.18. The normalized spacial score (nSPS) is 21.9. The number of nitrogens with one attached hydrogen (secondary N) is 1. The molecule has 1 unspecified atom stereocenters. The molecule has 1 aromatic heterocycles. The van der Waals surface area contributed by atoms with Crippen LogP contribution in [-0.4, -0.2) is 31.1 Å². The van der Waals surface area contributed by atoms with E-state index in [2.05, 4.69) is 34.7 Å². The summed E-state index contributed by atoms with van der Waals surface area (Å²) in [5, 5.41) is 5.70. The van der Waals surface area contributed by atoms with Crippen molar-refractivity contribution < 1.29 is 0 Å². The predicted molar refractivity (Wildman–Crippen MR) is 80.1 cm³/mol. The monoisotopic (exact) mass is 266 g/mol.